The van der Waals surface area contributed by atoms with Crippen molar-refractivity contribution in [3.8, 4) is 0 Å². The Morgan fingerprint density at radius 2 is 1.52 bits per heavy atom. The Morgan fingerprint density at radius 3 is 2.10 bits per heavy atom. The van der Waals surface area contributed by atoms with Crippen LogP contribution < -0.4 is 10.6 Å². The zero-order valence-corrected chi connectivity index (χ0v) is 24.4. The lowest BCUT2D eigenvalue weighted by Gasteiger charge is -2.20. The number of amides is 2. The average Bonchev–Trinajstić information content (AvgIpc) is 2.91. The fraction of sp³-hybridized carbons (Fsp3) is 0.500. The molecule has 0 aliphatic heterocycles. The number of halogens is 4. The van der Waals surface area contributed by atoms with Crippen LogP contribution in [0.2, 0.25) is 0 Å². The summed E-state index contributed by atoms with van der Waals surface area (Å²) in [7, 11) is 0. The first kappa shape index (κ1) is 33.3. The molecule has 10 heteroatoms. The second kappa shape index (κ2) is 17.0. The van der Waals surface area contributed by atoms with E-state index in [1.54, 1.807) is 18.2 Å². The maximum absolute atomic E-state index is 13.2. The number of benzene rings is 2. The Balaban J connectivity index is 1.94. The number of nitrogens with one attached hydrogen (secondary N) is 2. The molecule has 1 atom stereocenters. The normalized spacial score (nSPS) is 12.1. The van der Waals surface area contributed by atoms with Gasteiger partial charge in [-0.2, -0.15) is 13.2 Å². The van der Waals surface area contributed by atoms with Crippen molar-refractivity contribution in [2.24, 2.45) is 0 Å². The fourth-order valence-electron chi connectivity index (χ4n) is 4.39. The van der Waals surface area contributed by atoms with E-state index in [0.29, 0.717) is 22.1 Å². The molecule has 0 aliphatic carbocycles. The summed E-state index contributed by atoms with van der Waals surface area (Å²) in [6.45, 7) is 2.78. The molecule has 0 saturated heterocycles. The summed E-state index contributed by atoms with van der Waals surface area (Å²) in [6.07, 6.45) is 7.44. The molecule has 0 aliphatic rings. The largest absolute Gasteiger partial charge is 0.474 e. The molecule has 0 aromatic heterocycles. The molecule has 0 heterocycles. The van der Waals surface area contributed by atoms with Crippen LogP contribution in [0, 0.1) is 0 Å². The zero-order chi connectivity index (χ0) is 29.5. The number of hydrogen-bond donors (Lipinski definition) is 3. The summed E-state index contributed by atoms with van der Waals surface area (Å²) >= 11 is 3.41. The summed E-state index contributed by atoms with van der Waals surface area (Å²) in [5, 5.41) is 14.2. The van der Waals surface area contributed by atoms with Gasteiger partial charge in [0.1, 0.15) is 0 Å². The SMILES string of the molecule is CCCCCCCCCCCCNC(=O)c1ccc(CC(NC(=O)C(=O)O)c2cccc(C(F)(F)F)c2)c(Br)c1. The lowest BCUT2D eigenvalue weighted by molar-refractivity contribution is -0.150. The Labute approximate surface area is 242 Å². The van der Waals surface area contributed by atoms with Crippen LogP contribution in [0.4, 0.5) is 13.2 Å². The molecule has 2 aromatic carbocycles. The number of rotatable bonds is 16. The summed E-state index contributed by atoms with van der Waals surface area (Å²) in [4.78, 5) is 35.6. The molecule has 3 N–H and O–H groups in total. The van der Waals surface area contributed by atoms with Gasteiger partial charge >= 0.3 is 18.1 Å². The Kier molecular flexibility index (Phi) is 14.2. The molecule has 0 bridgehead atoms. The van der Waals surface area contributed by atoms with Crippen LogP contribution >= 0.6 is 15.9 Å². The molecule has 6 nitrogen and oxygen atoms in total. The second-order valence-corrected chi connectivity index (χ2v) is 10.8. The van der Waals surface area contributed by atoms with E-state index >= 15 is 0 Å². The van der Waals surface area contributed by atoms with Gasteiger partial charge in [0.05, 0.1) is 11.6 Å². The quantitative estimate of drug-likeness (QED) is 0.132. The van der Waals surface area contributed by atoms with E-state index in [1.807, 2.05) is 0 Å². The third-order valence-electron chi connectivity index (χ3n) is 6.67. The maximum Gasteiger partial charge on any atom is 0.416 e. The highest BCUT2D eigenvalue weighted by Gasteiger charge is 2.31. The predicted molar refractivity (Wildman–Crippen MR) is 152 cm³/mol. The zero-order valence-electron chi connectivity index (χ0n) is 22.8. The van der Waals surface area contributed by atoms with Crippen molar-refractivity contribution in [2.45, 2.75) is 89.8 Å². The standard InChI is InChI=1S/C30H38BrF3N2O4/c1-2-3-4-5-6-7-8-9-10-11-17-35-27(37)23-16-15-21(25(31)19-23)20-26(36-28(38)29(39)40)22-13-12-14-24(18-22)30(32,33)34/h12-16,18-19,26H,2-11,17,20H2,1H3,(H,35,37)(H,36,38)(H,39,40). The molecule has 2 aromatic rings. The highest BCUT2D eigenvalue weighted by molar-refractivity contribution is 9.10. The number of carbonyl (C=O) groups excluding carboxylic acids is 2. The summed E-state index contributed by atoms with van der Waals surface area (Å²) in [5.41, 5.74) is 0.190. The van der Waals surface area contributed by atoms with E-state index < -0.39 is 29.7 Å². The molecule has 2 rings (SSSR count). The maximum atomic E-state index is 13.2. The van der Waals surface area contributed by atoms with Gasteiger partial charge in [0, 0.05) is 16.6 Å². The molecule has 0 spiro atoms. The van der Waals surface area contributed by atoms with Crippen LogP contribution in [-0.2, 0) is 22.2 Å². The Morgan fingerprint density at radius 1 is 0.900 bits per heavy atom. The fourth-order valence-corrected chi connectivity index (χ4v) is 4.94. The van der Waals surface area contributed by atoms with Gasteiger partial charge in [0.2, 0.25) is 0 Å². The van der Waals surface area contributed by atoms with E-state index in [-0.39, 0.29) is 17.9 Å². The number of alkyl halides is 3. The van der Waals surface area contributed by atoms with Crippen LogP contribution in [0.3, 0.4) is 0 Å². The van der Waals surface area contributed by atoms with Gasteiger partial charge in [-0.25, -0.2) is 4.79 Å². The highest BCUT2D eigenvalue weighted by atomic mass is 79.9. The van der Waals surface area contributed by atoms with Gasteiger partial charge in [-0.1, -0.05) is 98.8 Å². The Bertz CT molecular complexity index is 1120. The molecule has 0 fully saturated rings. The van der Waals surface area contributed by atoms with Crippen LogP contribution in [-0.4, -0.2) is 29.4 Å². The van der Waals surface area contributed by atoms with Crippen molar-refractivity contribution in [1.82, 2.24) is 10.6 Å². The van der Waals surface area contributed by atoms with Gasteiger partial charge in [-0.05, 0) is 48.2 Å². The number of unbranched alkanes of at least 4 members (excludes halogenated alkanes) is 9. The third kappa shape index (κ3) is 11.7. The minimum Gasteiger partial charge on any atom is -0.474 e. The Hall–Kier alpha value is -2.88. The number of aliphatic carboxylic acids is 1. The van der Waals surface area contributed by atoms with E-state index in [4.69, 9.17) is 5.11 Å². The lowest BCUT2D eigenvalue weighted by Crippen LogP contribution is -2.35. The average molecular weight is 628 g/mol. The minimum absolute atomic E-state index is 0.00141. The highest BCUT2D eigenvalue weighted by Crippen LogP contribution is 2.32. The van der Waals surface area contributed by atoms with E-state index in [2.05, 4.69) is 33.5 Å². The molecular formula is C30H38BrF3N2O4. The smallest absolute Gasteiger partial charge is 0.416 e. The van der Waals surface area contributed by atoms with E-state index in [1.165, 1.54) is 57.1 Å². The van der Waals surface area contributed by atoms with Crippen molar-refractivity contribution in [1.29, 1.82) is 0 Å². The number of hydrogen-bond acceptors (Lipinski definition) is 3. The van der Waals surface area contributed by atoms with Crippen molar-refractivity contribution in [3.05, 3.63) is 69.2 Å². The summed E-state index contributed by atoms with van der Waals surface area (Å²) in [5.74, 6) is -3.32. The van der Waals surface area contributed by atoms with E-state index in [0.717, 1.165) is 31.4 Å². The number of carboxylic acid groups (broad SMARTS) is 1. The minimum atomic E-state index is -4.60. The van der Waals surface area contributed by atoms with Crippen molar-refractivity contribution in [2.75, 3.05) is 6.54 Å². The molecule has 40 heavy (non-hydrogen) atoms. The van der Waals surface area contributed by atoms with Crippen molar-refractivity contribution >= 4 is 33.7 Å². The van der Waals surface area contributed by atoms with Gasteiger partial charge in [0.15, 0.2) is 0 Å². The monoisotopic (exact) mass is 626 g/mol. The van der Waals surface area contributed by atoms with Gasteiger partial charge < -0.3 is 15.7 Å². The molecular weight excluding hydrogens is 589 g/mol. The summed E-state index contributed by atoms with van der Waals surface area (Å²) < 4.78 is 40.2. The van der Waals surface area contributed by atoms with Crippen LogP contribution in [0.25, 0.3) is 0 Å². The molecule has 0 radical (unpaired) electrons. The number of carboxylic acids is 1. The van der Waals surface area contributed by atoms with E-state index in [9.17, 15) is 27.6 Å². The van der Waals surface area contributed by atoms with Crippen molar-refractivity contribution < 1.29 is 32.7 Å². The first-order valence-corrected chi connectivity index (χ1v) is 14.6. The molecule has 2 amide bonds. The molecule has 0 saturated carbocycles. The first-order chi connectivity index (χ1) is 19.0. The second-order valence-electron chi connectivity index (χ2n) is 9.90. The van der Waals surface area contributed by atoms with Crippen LogP contribution in [0.1, 0.15) is 104 Å². The molecule has 1 unspecified atom stereocenters. The van der Waals surface area contributed by atoms with Crippen LogP contribution in [0.5, 0.6) is 0 Å². The topological polar surface area (TPSA) is 95.5 Å². The van der Waals surface area contributed by atoms with Gasteiger partial charge in [0.25, 0.3) is 5.91 Å². The number of carbonyl (C=O) groups is 3. The van der Waals surface area contributed by atoms with Gasteiger partial charge in [-0.15, -0.1) is 0 Å². The molecule has 220 valence electrons. The van der Waals surface area contributed by atoms with Crippen molar-refractivity contribution in [3.63, 3.8) is 0 Å². The predicted octanol–water partition coefficient (Wildman–Crippen LogP) is 7.60. The van der Waals surface area contributed by atoms with Gasteiger partial charge in [-0.3, -0.25) is 9.59 Å². The first-order valence-electron chi connectivity index (χ1n) is 13.8. The lowest BCUT2D eigenvalue weighted by atomic mass is 9.96. The summed E-state index contributed by atoms with van der Waals surface area (Å²) in [6, 6.07) is 8.17. The third-order valence-corrected chi connectivity index (χ3v) is 7.41. The van der Waals surface area contributed by atoms with Crippen LogP contribution in [0.15, 0.2) is 46.9 Å².